The molecule has 1 aromatic carbocycles. The fourth-order valence-electron chi connectivity index (χ4n) is 1.95. The number of hydrogen-bond acceptors (Lipinski definition) is 2. The van der Waals surface area contributed by atoms with Crippen molar-refractivity contribution in [2.45, 2.75) is 39.2 Å². The SMILES string of the molecule is CC(CCN)CCC(=O)NC(C)c1ccc(Cl)cc1. The summed E-state index contributed by atoms with van der Waals surface area (Å²) < 4.78 is 0. The molecule has 1 aromatic rings. The minimum Gasteiger partial charge on any atom is -0.350 e. The average Bonchev–Trinajstić information content (AvgIpc) is 2.37. The molecule has 0 spiro atoms. The number of carbonyl (C=O) groups is 1. The molecule has 1 rings (SSSR count). The van der Waals surface area contributed by atoms with E-state index in [0.717, 1.165) is 18.4 Å². The lowest BCUT2D eigenvalue weighted by Gasteiger charge is -2.15. The number of nitrogens with two attached hydrogens (primary N) is 1. The molecule has 0 bridgehead atoms. The Kier molecular flexibility index (Phi) is 6.89. The summed E-state index contributed by atoms with van der Waals surface area (Å²) in [4.78, 5) is 11.8. The lowest BCUT2D eigenvalue weighted by atomic mass is 10.0. The van der Waals surface area contributed by atoms with Gasteiger partial charge < -0.3 is 11.1 Å². The van der Waals surface area contributed by atoms with Crippen molar-refractivity contribution in [1.82, 2.24) is 5.32 Å². The van der Waals surface area contributed by atoms with Gasteiger partial charge in [-0.3, -0.25) is 4.79 Å². The van der Waals surface area contributed by atoms with Crippen molar-refractivity contribution >= 4 is 17.5 Å². The average molecular weight is 283 g/mol. The molecule has 0 aliphatic heterocycles. The zero-order valence-corrected chi connectivity index (χ0v) is 12.4. The molecule has 0 saturated heterocycles. The predicted octanol–water partition coefficient (Wildman–Crippen LogP) is 3.28. The summed E-state index contributed by atoms with van der Waals surface area (Å²) >= 11 is 5.84. The van der Waals surface area contributed by atoms with Gasteiger partial charge in [-0.05, 0) is 49.9 Å². The first-order valence-electron chi connectivity index (χ1n) is 6.77. The Balaban J connectivity index is 2.37. The van der Waals surface area contributed by atoms with Crippen LogP contribution in [0.15, 0.2) is 24.3 Å². The van der Waals surface area contributed by atoms with E-state index in [9.17, 15) is 4.79 Å². The second-order valence-corrected chi connectivity index (χ2v) is 5.50. The number of rotatable bonds is 7. The predicted molar refractivity (Wildman–Crippen MR) is 80.1 cm³/mol. The van der Waals surface area contributed by atoms with Gasteiger partial charge in [0, 0.05) is 11.4 Å². The number of halogens is 1. The molecule has 2 atom stereocenters. The van der Waals surface area contributed by atoms with E-state index in [1.165, 1.54) is 0 Å². The van der Waals surface area contributed by atoms with Crippen molar-refractivity contribution in [2.75, 3.05) is 6.54 Å². The molecule has 0 fully saturated rings. The Hall–Kier alpha value is -1.06. The molecule has 0 aromatic heterocycles. The van der Waals surface area contributed by atoms with Gasteiger partial charge in [0.2, 0.25) is 5.91 Å². The van der Waals surface area contributed by atoms with Gasteiger partial charge in [0.05, 0.1) is 6.04 Å². The minimum atomic E-state index is 0.00887. The van der Waals surface area contributed by atoms with Crippen molar-refractivity contribution in [2.24, 2.45) is 11.7 Å². The molecule has 0 heterocycles. The monoisotopic (exact) mass is 282 g/mol. The van der Waals surface area contributed by atoms with Crippen LogP contribution in [0.4, 0.5) is 0 Å². The van der Waals surface area contributed by atoms with E-state index in [1.54, 1.807) is 0 Å². The van der Waals surface area contributed by atoms with Crippen molar-refractivity contribution in [3.05, 3.63) is 34.9 Å². The summed E-state index contributed by atoms with van der Waals surface area (Å²) in [5, 5.41) is 3.71. The summed E-state index contributed by atoms with van der Waals surface area (Å²) in [7, 11) is 0. The number of benzene rings is 1. The Labute approximate surface area is 120 Å². The maximum Gasteiger partial charge on any atom is 0.220 e. The Morgan fingerprint density at radius 3 is 2.47 bits per heavy atom. The summed E-state index contributed by atoms with van der Waals surface area (Å²) in [6, 6.07) is 7.55. The quantitative estimate of drug-likeness (QED) is 0.806. The van der Waals surface area contributed by atoms with E-state index < -0.39 is 0 Å². The third kappa shape index (κ3) is 6.08. The summed E-state index contributed by atoms with van der Waals surface area (Å²) in [5.74, 6) is 0.591. The molecule has 4 heteroatoms. The minimum absolute atomic E-state index is 0.00887. The topological polar surface area (TPSA) is 55.1 Å². The van der Waals surface area contributed by atoms with E-state index in [1.807, 2.05) is 31.2 Å². The van der Waals surface area contributed by atoms with Gasteiger partial charge in [-0.25, -0.2) is 0 Å². The van der Waals surface area contributed by atoms with Crippen LogP contribution in [0.5, 0.6) is 0 Å². The van der Waals surface area contributed by atoms with Crippen molar-refractivity contribution < 1.29 is 4.79 Å². The highest BCUT2D eigenvalue weighted by Crippen LogP contribution is 2.16. The number of nitrogens with one attached hydrogen (secondary N) is 1. The maximum atomic E-state index is 11.8. The van der Waals surface area contributed by atoms with Gasteiger partial charge in [-0.15, -0.1) is 0 Å². The van der Waals surface area contributed by atoms with Crippen LogP contribution in [0.2, 0.25) is 5.02 Å². The molecule has 0 saturated carbocycles. The first kappa shape index (κ1) is 16.0. The van der Waals surface area contributed by atoms with Crippen LogP contribution in [-0.4, -0.2) is 12.5 Å². The van der Waals surface area contributed by atoms with Crippen LogP contribution in [0, 0.1) is 5.92 Å². The van der Waals surface area contributed by atoms with Crippen molar-refractivity contribution in [3.63, 3.8) is 0 Å². The largest absolute Gasteiger partial charge is 0.350 e. The van der Waals surface area contributed by atoms with Gasteiger partial charge in [0.1, 0.15) is 0 Å². The highest BCUT2D eigenvalue weighted by atomic mass is 35.5. The van der Waals surface area contributed by atoms with Crippen LogP contribution in [0.25, 0.3) is 0 Å². The molecular weight excluding hydrogens is 260 g/mol. The molecule has 19 heavy (non-hydrogen) atoms. The lowest BCUT2D eigenvalue weighted by molar-refractivity contribution is -0.122. The van der Waals surface area contributed by atoms with E-state index in [0.29, 0.717) is 23.9 Å². The molecule has 0 radical (unpaired) electrons. The number of carbonyl (C=O) groups excluding carboxylic acids is 1. The number of hydrogen-bond donors (Lipinski definition) is 2. The van der Waals surface area contributed by atoms with Gasteiger partial charge in [0.25, 0.3) is 0 Å². The Bertz CT molecular complexity index is 392. The van der Waals surface area contributed by atoms with E-state index in [2.05, 4.69) is 12.2 Å². The first-order chi connectivity index (χ1) is 9.02. The zero-order chi connectivity index (χ0) is 14.3. The van der Waals surface area contributed by atoms with E-state index in [-0.39, 0.29) is 11.9 Å². The van der Waals surface area contributed by atoms with E-state index in [4.69, 9.17) is 17.3 Å². The fourth-order valence-corrected chi connectivity index (χ4v) is 2.08. The molecule has 0 aliphatic carbocycles. The highest BCUT2D eigenvalue weighted by Gasteiger charge is 2.10. The summed E-state index contributed by atoms with van der Waals surface area (Å²) in [5.41, 5.74) is 6.56. The van der Waals surface area contributed by atoms with Gasteiger partial charge in [0.15, 0.2) is 0 Å². The Morgan fingerprint density at radius 1 is 1.26 bits per heavy atom. The summed E-state index contributed by atoms with van der Waals surface area (Å²) in [6.07, 6.45) is 2.41. The number of amides is 1. The normalized spacial score (nSPS) is 13.9. The van der Waals surface area contributed by atoms with Crippen LogP contribution in [0.3, 0.4) is 0 Å². The molecule has 3 nitrogen and oxygen atoms in total. The van der Waals surface area contributed by atoms with Crippen LogP contribution >= 0.6 is 11.6 Å². The highest BCUT2D eigenvalue weighted by molar-refractivity contribution is 6.30. The fraction of sp³-hybridized carbons (Fsp3) is 0.533. The third-order valence-corrected chi connectivity index (χ3v) is 3.52. The first-order valence-corrected chi connectivity index (χ1v) is 7.15. The van der Waals surface area contributed by atoms with Gasteiger partial charge >= 0.3 is 0 Å². The van der Waals surface area contributed by atoms with Crippen LogP contribution in [0.1, 0.15) is 44.7 Å². The Morgan fingerprint density at radius 2 is 1.89 bits per heavy atom. The van der Waals surface area contributed by atoms with Gasteiger partial charge in [-0.1, -0.05) is 30.7 Å². The van der Waals surface area contributed by atoms with Crippen LogP contribution in [-0.2, 0) is 4.79 Å². The molecule has 3 N–H and O–H groups in total. The molecule has 106 valence electrons. The van der Waals surface area contributed by atoms with Crippen molar-refractivity contribution in [1.29, 1.82) is 0 Å². The zero-order valence-electron chi connectivity index (χ0n) is 11.7. The molecule has 1 amide bonds. The summed E-state index contributed by atoms with van der Waals surface area (Å²) in [6.45, 7) is 4.79. The second-order valence-electron chi connectivity index (χ2n) is 5.06. The molecular formula is C15H23ClN2O. The second kappa shape index (κ2) is 8.18. The third-order valence-electron chi connectivity index (χ3n) is 3.27. The lowest BCUT2D eigenvalue weighted by Crippen LogP contribution is -2.26. The standard InChI is InChI=1S/C15H23ClN2O/c1-11(9-10-17)3-8-15(19)18-12(2)13-4-6-14(16)7-5-13/h4-7,11-12H,3,8-10,17H2,1-2H3,(H,18,19). The van der Waals surface area contributed by atoms with Crippen LogP contribution < -0.4 is 11.1 Å². The van der Waals surface area contributed by atoms with Gasteiger partial charge in [-0.2, -0.15) is 0 Å². The maximum absolute atomic E-state index is 11.8. The molecule has 0 aliphatic rings. The van der Waals surface area contributed by atoms with Crippen molar-refractivity contribution in [3.8, 4) is 0 Å². The smallest absolute Gasteiger partial charge is 0.220 e. The van der Waals surface area contributed by atoms with E-state index >= 15 is 0 Å². The molecule has 2 unspecified atom stereocenters.